The number of carbonyl (C=O) groups excluding carboxylic acids is 1. The van der Waals surface area contributed by atoms with E-state index >= 15 is 0 Å². The zero-order valence-electron chi connectivity index (χ0n) is 13.9. The Morgan fingerprint density at radius 2 is 2.24 bits per heavy atom. The second kappa shape index (κ2) is 4.57. The van der Waals surface area contributed by atoms with Crippen LogP contribution in [0.5, 0.6) is 0 Å². The Labute approximate surface area is 150 Å². The molecule has 3 heterocycles. The molecule has 130 valence electrons. The van der Waals surface area contributed by atoms with Gasteiger partial charge in [0, 0.05) is 5.02 Å². The molecule has 25 heavy (non-hydrogen) atoms. The van der Waals surface area contributed by atoms with E-state index < -0.39 is 5.60 Å². The van der Waals surface area contributed by atoms with Gasteiger partial charge in [-0.1, -0.05) is 18.5 Å². The van der Waals surface area contributed by atoms with E-state index in [0.29, 0.717) is 23.5 Å². The fourth-order valence-electron chi connectivity index (χ4n) is 6.14. The molecular formula is C19H19ClN2O3. The number of rotatable bonds is 0. The van der Waals surface area contributed by atoms with Gasteiger partial charge < -0.3 is 14.0 Å². The summed E-state index contributed by atoms with van der Waals surface area (Å²) < 4.78 is 14.6. The van der Waals surface area contributed by atoms with Crippen LogP contribution in [-0.4, -0.2) is 27.2 Å². The maximum absolute atomic E-state index is 12.9. The van der Waals surface area contributed by atoms with Gasteiger partial charge in [-0.25, -0.2) is 4.98 Å². The van der Waals surface area contributed by atoms with Crippen LogP contribution in [0.1, 0.15) is 38.1 Å². The minimum atomic E-state index is -0.458. The normalized spacial score (nSPS) is 41.4. The summed E-state index contributed by atoms with van der Waals surface area (Å²) in [6.45, 7) is 2.68. The number of hydrogen-bond donors (Lipinski definition) is 0. The van der Waals surface area contributed by atoms with Crippen LogP contribution in [-0.2, 0) is 20.9 Å². The summed E-state index contributed by atoms with van der Waals surface area (Å²) in [7, 11) is 0. The molecule has 6 heteroatoms. The van der Waals surface area contributed by atoms with Crippen LogP contribution in [0.4, 0.5) is 0 Å². The number of nitrogens with zero attached hydrogens (tertiary/aromatic N) is 2. The highest BCUT2D eigenvalue weighted by atomic mass is 35.5. The highest BCUT2D eigenvalue weighted by Gasteiger charge is 2.71. The van der Waals surface area contributed by atoms with Crippen molar-refractivity contribution in [3.05, 3.63) is 29.0 Å². The summed E-state index contributed by atoms with van der Waals surface area (Å²) in [4.78, 5) is 17.7. The van der Waals surface area contributed by atoms with Gasteiger partial charge in [-0.2, -0.15) is 0 Å². The quantitative estimate of drug-likeness (QED) is 0.676. The van der Waals surface area contributed by atoms with Gasteiger partial charge in [0.2, 0.25) is 0 Å². The number of halogens is 1. The number of ether oxygens (including phenoxy) is 2. The summed E-state index contributed by atoms with van der Waals surface area (Å²) in [6, 6.07) is 5.77. The van der Waals surface area contributed by atoms with Crippen molar-refractivity contribution in [2.45, 2.75) is 50.5 Å². The second-order valence-electron chi connectivity index (χ2n) is 8.05. The van der Waals surface area contributed by atoms with Crippen molar-refractivity contribution in [3.63, 3.8) is 0 Å². The molecule has 2 aromatic rings. The molecular weight excluding hydrogens is 340 g/mol. The monoisotopic (exact) mass is 358 g/mol. The van der Waals surface area contributed by atoms with E-state index in [9.17, 15) is 4.79 Å². The molecule has 2 bridgehead atoms. The number of fused-ring (bicyclic) bond motifs is 4. The van der Waals surface area contributed by atoms with E-state index in [-0.39, 0.29) is 24.0 Å². The van der Waals surface area contributed by atoms with Crippen molar-refractivity contribution in [3.8, 4) is 0 Å². The lowest BCUT2D eigenvalue weighted by Gasteiger charge is -2.46. The number of imidazole rings is 1. The van der Waals surface area contributed by atoms with Crippen LogP contribution >= 0.6 is 11.6 Å². The van der Waals surface area contributed by atoms with Gasteiger partial charge >= 0.3 is 5.97 Å². The SMILES string of the molecule is C[C@H]1C[C@H]2CC[C@H]3OC(=O)[C@H]4[C@@H]1n1c(nc5ccc(Cl)cc51)CO[C@]234. The molecule has 6 atom stereocenters. The van der Waals surface area contributed by atoms with Crippen LogP contribution in [0.3, 0.4) is 0 Å². The van der Waals surface area contributed by atoms with Gasteiger partial charge in [0.15, 0.2) is 0 Å². The fourth-order valence-corrected chi connectivity index (χ4v) is 6.31. The summed E-state index contributed by atoms with van der Waals surface area (Å²) in [6.07, 6.45) is 2.97. The third kappa shape index (κ3) is 1.60. The Hall–Kier alpha value is -1.59. The summed E-state index contributed by atoms with van der Waals surface area (Å²) in [5.41, 5.74) is 1.44. The Kier molecular flexibility index (Phi) is 2.66. The highest BCUT2D eigenvalue weighted by molar-refractivity contribution is 6.31. The smallest absolute Gasteiger partial charge is 0.314 e. The Bertz CT molecular complexity index is 925. The predicted molar refractivity (Wildman–Crippen MR) is 91.2 cm³/mol. The molecule has 2 aliphatic heterocycles. The molecule has 1 saturated heterocycles. The van der Waals surface area contributed by atoms with Crippen molar-refractivity contribution in [1.82, 2.24) is 9.55 Å². The maximum atomic E-state index is 12.9. The van der Waals surface area contributed by atoms with Crippen molar-refractivity contribution >= 4 is 28.6 Å². The predicted octanol–water partition coefficient (Wildman–Crippen LogP) is 3.49. The summed E-state index contributed by atoms with van der Waals surface area (Å²) in [5, 5.41) is 0.684. The number of hydrogen-bond acceptors (Lipinski definition) is 4. The molecule has 0 unspecified atom stereocenters. The number of benzene rings is 1. The van der Waals surface area contributed by atoms with Crippen LogP contribution < -0.4 is 0 Å². The standard InChI is InChI=1S/C19H19ClN2O3/c1-9-6-10-2-5-14-19(10)16(18(23)25-14)17(9)22-13-7-11(20)3-4-12(13)21-15(22)8-24-19/h3-4,7,9-10,14,16-17H,2,5-6,8H2,1H3/t9-,10+,14+,16+,17+,19+/m0/s1. The average Bonchev–Trinajstić information content (AvgIpc) is 3.16. The highest BCUT2D eigenvalue weighted by Crippen LogP contribution is 2.62. The largest absolute Gasteiger partial charge is 0.459 e. The third-order valence-electron chi connectivity index (χ3n) is 6.97. The molecule has 4 aliphatic rings. The van der Waals surface area contributed by atoms with E-state index in [0.717, 1.165) is 36.1 Å². The zero-order chi connectivity index (χ0) is 16.9. The van der Waals surface area contributed by atoms with Crippen molar-refractivity contribution in [1.29, 1.82) is 0 Å². The molecule has 1 aromatic heterocycles. The topological polar surface area (TPSA) is 53.4 Å². The molecule has 1 aromatic carbocycles. The zero-order valence-corrected chi connectivity index (χ0v) is 14.7. The first-order valence-corrected chi connectivity index (χ1v) is 9.48. The van der Waals surface area contributed by atoms with Gasteiger partial charge in [-0.15, -0.1) is 0 Å². The maximum Gasteiger partial charge on any atom is 0.314 e. The molecule has 0 N–H and O–H groups in total. The number of aromatic nitrogens is 2. The number of esters is 1. The first-order valence-electron chi connectivity index (χ1n) is 9.10. The van der Waals surface area contributed by atoms with Gasteiger partial charge in [0.05, 0.1) is 17.1 Å². The second-order valence-corrected chi connectivity index (χ2v) is 8.49. The summed E-state index contributed by atoms with van der Waals surface area (Å²) >= 11 is 6.26. The first-order chi connectivity index (χ1) is 12.1. The van der Waals surface area contributed by atoms with Crippen LogP contribution in [0, 0.1) is 17.8 Å². The van der Waals surface area contributed by atoms with Crippen molar-refractivity contribution in [2.24, 2.45) is 17.8 Å². The van der Waals surface area contributed by atoms with Crippen LogP contribution in [0.25, 0.3) is 11.0 Å². The lowest BCUT2D eigenvalue weighted by atomic mass is 9.64. The Morgan fingerprint density at radius 1 is 1.36 bits per heavy atom. The van der Waals surface area contributed by atoms with E-state index in [1.165, 1.54) is 0 Å². The van der Waals surface area contributed by atoms with E-state index in [1.807, 2.05) is 18.2 Å². The average molecular weight is 359 g/mol. The van der Waals surface area contributed by atoms with E-state index in [2.05, 4.69) is 11.5 Å². The molecule has 1 spiro atoms. The van der Waals surface area contributed by atoms with Crippen molar-refractivity contribution < 1.29 is 14.3 Å². The van der Waals surface area contributed by atoms with Gasteiger partial charge in [-0.05, 0) is 49.3 Å². The minimum absolute atomic E-state index is 0.0211. The van der Waals surface area contributed by atoms with Gasteiger partial charge in [0.25, 0.3) is 0 Å². The van der Waals surface area contributed by atoms with Crippen LogP contribution in [0.2, 0.25) is 5.02 Å². The fraction of sp³-hybridized carbons (Fsp3) is 0.579. The molecule has 3 fully saturated rings. The first kappa shape index (κ1) is 14.6. The molecule has 6 rings (SSSR count). The van der Waals surface area contributed by atoms with E-state index in [4.69, 9.17) is 26.1 Å². The van der Waals surface area contributed by atoms with Crippen molar-refractivity contribution in [2.75, 3.05) is 0 Å². The molecule has 5 nitrogen and oxygen atoms in total. The number of carbonyl (C=O) groups is 1. The lowest BCUT2D eigenvalue weighted by molar-refractivity contribution is -0.154. The van der Waals surface area contributed by atoms with Crippen LogP contribution in [0.15, 0.2) is 18.2 Å². The lowest BCUT2D eigenvalue weighted by Crippen LogP contribution is -2.54. The molecule has 2 aliphatic carbocycles. The molecule has 0 amide bonds. The summed E-state index contributed by atoms with van der Waals surface area (Å²) in [5.74, 6) is 1.33. The van der Waals surface area contributed by atoms with Gasteiger partial charge in [-0.3, -0.25) is 4.79 Å². The Balaban J connectivity index is 1.64. The van der Waals surface area contributed by atoms with E-state index in [1.54, 1.807) is 0 Å². The minimum Gasteiger partial charge on any atom is -0.459 e. The third-order valence-corrected chi connectivity index (χ3v) is 7.21. The van der Waals surface area contributed by atoms with Gasteiger partial charge in [0.1, 0.15) is 30.1 Å². The Morgan fingerprint density at radius 3 is 3.12 bits per heavy atom. The molecule has 2 saturated carbocycles. The molecule has 0 radical (unpaired) electrons.